The van der Waals surface area contributed by atoms with Gasteiger partial charge in [-0.2, -0.15) is 10.4 Å². The number of hydrogen-bond donors (Lipinski definition) is 0. The number of aromatic nitrogens is 2. The highest BCUT2D eigenvalue weighted by molar-refractivity contribution is 9.10. The van der Waals surface area contributed by atoms with Gasteiger partial charge in [-0.15, -0.1) is 0 Å². The number of halogens is 1. The fourth-order valence-corrected chi connectivity index (χ4v) is 1.99. The quantitative estimate of drug-likeness (QED) is 0.795. The molecule has 2 rings (SSSR count). The largest absolute Gasteiger partial charge is 0.464 e. The molecule has 0 spiro atoms. The van der Waals surface area contributed by atoms with Gasteiger partial charge in [0.15, 0.2) is 0 Å². The Bertz CT molecular complexity index is 459. The average molecular weight is 284 g/mol. The fraction of sp³-hybridized carbons (Fsp3) is 0.500. The zero-order chi connectivity index (χ0) is 11.7. The minimum atomic E-state index is -0.473. The maximum absolute atomic E-state index is 11.5. The second-order valence-corrected chi connectivity index (χ2v) is 4.51. The predicted molar refractivity (Wildman–Crippen MR) is 58.6 cm³/mol. The lowest BCUT2D eigenvalue weighted by atomic mass is 10.2. The molecule has 1 heterocycles. The Balaban J connectivity index is 2.38. The van der Waals surface area contributed by atoms with E-state index >= 15 is 0 Å². The van der Waals surface area contributed by atoms with Crippen LogP contribution in [0.4, 0.5) is 0 Å². The summed E-state index contributed by atoms with van der Waals surface area (Å²) in [5.41, 5.74) is 0.313. The van der Waals surface area contributed by atoms with E-state index in [4.69, 9.17) is 5.26 Å². The molecule has 5 nitrogen and oxygen atoms in total. The van der Waals surface area contributed by atoms with Crippen molar-refractivity contribution in [3.8, 4) is 6.07 Å². The molecule has 1 fully saturated rings. The van der Waals surface area contributed by atoms with Crippen molar-refractivity contribution in [3.05, 3.63) is 16.4 Å². The SMILES string of the molecule is COC(=O)c1cc(Br)nn1C(C#N)C1CC1. The standard InChI is InChI=1S/C10H10BrN3O2/c1-16-10(15)7-4-9(11)13-14(7)8(5-12)6-2-3-6/h4,6,8H,2-3H2,1H3. The Morgan fingerprint density at radius 2 is 2.50 bits per heavy atom. The highest BCUT2D eigenvalue weighted by Crippen LogP contribution is 2.39. The van der Waals surface area contributed by atoms with Crippen molar-refractivity contribution in [1.82, 2.24) is 9.78 Å². The van der Waals surface area contributed by atoms with Crippen LogP contribution in [0.1, 0.15) is 29.4 Å². The van der Waals surface area contributed by atoms with Crippen molar-refractivity contribution in [2.24, 2.45) is 5.92 Å². The van der Waals surface area contributed by atoms with Gasteiger partial charge in [-0.25, -0.2) is 9.48 Å². The maximum Gasteiger partial charge on any atom is 0.356 e. The van der Waals surface area contributed by atoms with E-state index in [1.165, 1.54) is 11.8 Å². The van der Waals surface area contributed by atoms with Crippen molar-refractivity contribution in [2.75, 3.05) is 7.11 Å². The van der Waals surface area contributed by atoms with E-state index in [2.05, 4.69) is 31.8 Å². The van der Waals surface area contributed by atoms with Gasteiger partial charge in [-0.1, -0.05) is 0 Å². The molecule has 0 radical (unpaired) electrons. The normalized spacial score (nSPS) is 16.6. The summed E-state index contributed by atoms with van der Waals surface area (Å²) in [6.07, 6.45) is 2.02. The van der Waals surface area contributed by atoms with Crippen LogP contribution in [-0.2, 0) is 4.74 Å². The van der Waals surface area contributed by atoms with Gasteiger partial charge in [0.25, 0.3) is 0 Å². The molecule has 0 bridgehead atoms. The van der Waals surface area contributed by atoms with Crippen LogP contribution in [0.25, 0.3) is 0 Å². The molecule has 1 aliphatic rings. The molecule has 0 N–H and O–H groups in total. The molecule has 1 aromatic heterocycles. The number of carbonyl (C=O) groups is 1. The van der Waals surface area contributed by atoms with Crippen molar-refractivity contribution < 1.29 is 9.53 Å². The molecule has 1 aromatic rings. The van der Waals surface area contributed by atoms with Crippen molar-refractivity contribution >= 4 is 21.9 Å². The zero-order valence-corrected chi connectivity index (χ0v) is 10.3. The molecule has 0 aliphatic heterocycles. The van der Waals surface area contributed by atoms with E-state index in [-0.39, 0.29) is 6.04 Å². The molecule has 1 unspecified atom stereocenters. The summed E-state index contributed by atoms with van der Waals surface area (Å²) in [6.45, 7) is 0. The van der Waals surface area contributed by atoms with Crippen molar-refractivity contribution in [1.29, 1.82) is 5.26 Å². The molecule has 1 saturated carbocycles. The highest BCUT2D eigenvalue weighted by atomic mass is 79.9. The average Bonchev–Trinajstić information content (AvgIpc) is 3.02. The summed E-state index contributed by atoms with van der Waals surface area (Å²) in [5, 5.41) is 13.2. The predicted octanol–water partition coefficient (Wildman–Crippen LogP) is 1.91. The van der Waals surface area contributed by atoms with Gasteiger partial charge in [-0.3, -0.25) is 0 Å². The van der Waals surface area contributed by atoms with Crippen molar-refractivity contribution in [3.63, 3.8) is 0 Å². The third kappa shape index (κ3) is 1.95. The second kappa shape index (κ2) is 4.26. The number of esters is 1. The molecular weight excluding hydrogens is 274 g/mol. The molecule has 1 atom stereocenters. The summed E-state index contributed by atoms with van der Waals surface area (Å²) in [5.74, 6) is -0.167. The number of methoxy groups -OCH3 is 1. The minimum Gasteiger partial charge on any atom is -0.464 e. The lowest BCUT2D eigenvalue weighted by Crippen LogP contribution is -2.17. The van der Waals surface area contributed by atoms with Crippen LogP contribution in [0, 0.1) is 17.2 Å². The monoisotopic (exact) mass is 283 g/mol. The first-order chi connectivity index (χ1) is 7.67. The lowest BCUT2D eigenvalue weighted by Gasteiger charge is -2.10. The molecule has 84 valence electrons. The Morgan fingerprint density at radius 3 is 3.00 bits per heavy atom. The number of rotatable bonds is 3. The van der Waals surface area contributed by atoms with E-state index in [0.29, 0.717) is 16.2 Å². The third-order valence-corrected chi connectivity index (χ3v) is 2.95. The molecule has 6 heteroatoms. The third-order valence-electron chi connectivity index (χ3n) is 2.56. The van der Waals surface area contributed by atoms with Gasteiger partial charge in [0, 0.05) is 6.07 Å². The van der Waals surface area contributed by atoms with Crippen LogP contribution in [0.3, 0.4) is 0 Å². The zero-order valence-electron chi connectivity index (χ0n) is 8.68. The smallest absolute Gasteiger partial charge is 0.356 e. The van der Waals surface area contributed by atoms with E-state index in [1.807, 2.05) is 0 Å². The van der Waals surface area contributed by atoms with Gasteiger partial charge < -0.3 is 4.74 Å². The van der Waals surface area contributed by atoms with Crippen molar-refractivity contribution in [2.45, 2.75) is 18.9 Å². The van der Waals surface area contributed by atoms with E-state index in [1.54, 1.807) is 6.07 Å². The highest BCUT2D eigenvalue weighted by Gasteiger charge is 2.35. The molecule has 0 aromatic carbocycles. The number of ether oxygens (including phenoxy) is 1. The Kier molecular flexibility index (Phi) is 2.97. The first kappa shape index (κ1) is 11.1. The lowest BCUT2D eigenvalue weighted by molar-refractivity contribution is 0.0584. The van der Waals surface area contributed by atoms with Crippen LogP contribution in [0.15, 0.2) is 10.7 Å². The van der Waals surface area contributed by atoms with E-state index in [0.717, 1.165) is 12.8 Å². The summed E-state index contributed by atoms with van der Waals surface area (Å²) < 4.78 is 6.64. The van der Waals surface area contributed by atoms with Gasteiger partial charge in [0.05, 0.1) is 13.2 Å². The maximum atomic E-state index is 11.5. The molecule has 16 heavy (non-hydrogen) atoms. The Morgan fingerprint density at radius 1 is 1.81 bits per heavy atom. The molecule has 1 aliphatic carbocycles. The van der Waals surface area contributed by atoms with Gasteiger partial charge in [-0.05, 0) is 34.7 Å². The summed E-state index contributed by atoms with van der Waals surface area (Å²) in [7, 11) is 1.31. The van der Waals surface area contributed by atoms with Crippen LogP contribution in [0.5, 0.6) is 0 Å². The first-order valence-electron chi connectivity index (χ1n) is 4.90. The molecule has 0 amide bonds. The Hall–Kier alpha value is -1.35. The minimum absolute atomic E-state index is 0.306. The Labute approximate surface area is 101 Å². The first-order valence-corrected chi connectivity index (χ1v) is 5.69. The number of nitrogens with zero attached hydrogens (tertiary/aromatic N) is 3. The van der Waals surface area contributed by atoms with Gasteiger partial charge in [0.1, 0.15) is 16.3 Å². The molecule has 0 saturated heterocycles. The van der Waals surface area contributed by atoms with Crippen LogP contribution in [-0.4, -0.2) is 22.9 Å². The van der Waals surface area contributed by atoms with E-state index < -0.39 is 5.97 Å². The molecular formula is C10H10BrN3O2. The summed E-state index contributed by atoms with van der Waals surface area (Å²) in [4.78, 5) is 11.5. The van der Waals surface area contributed by atoms with Crippen LogP contribution < -0.4 is 0 Å². The van der Waals surface area contributed by atoms with E-state index in [9.17, 15) is 4.79 Å². The van der Waals surface area contributed by atoms with Crippen LogP contribution >= 0.6 is 15.9 Å². The number of carbonyl (C=O) groups excluding carboxylic acids is 1. The summed E-state index contributed by atoms with van der Waals surface area (Å²) in [6, 6.07) is 3.38. The fourth-order valence-electron chi connectivity index (χ4n) is 1.61. The second-order valence-electron chi connectivity index (χ2n) is 3.70. The topological polar surface area (TPSA) is 67.9 Å². The number of hydrogen-bond acceptors (Lipinski definition) is 4. The van der Waals surface area contributed by atoms with Gasteiger partial charge >= 0.3 is 5.97 Å². The summed E-state index contributed by atoms with van der Waals surface area (Å²) >= 11 is 3.20. The van der Waals surface area contributed by atoms with Crippen LogP contribution in [0.2, 0.25) is 0 Å². The number of nitriles is 1. The van der Waals surface area contributed by atoms with Gasteiger partial charge in [0.2, 0.25) is 0 Å².